The predicted molar refractivity (Wildman–Crippen MR) is 46.0 cm³/mol. The summed E-state index contributed by atoms with van der Waals surface area (Å²) in [5, 5.41) is 3.12. The summed E-state index contributed by atoms with van der Waals surface area (Å²) in [6, 6.07) is 1.98. The minimum absolute atomic E-state index is 1.05. The first-order chi connectivity index (χ1) is 5.47. The van der Waals surface area contributed by atoms with E-state index in [1.807, 2.05) is 36.7 Å². The smallest absolute Gasteiger partial charge is 0.0639 e. The normalized spacial score (nSPS) is 13.5. The van der Waals surface area contributed by atoms with E-state index >= 15 is 0 Å². The maximum atomic E-state index is 4.01. The Kier molecular flexibility index (Phi) is 1.44. The molecular weight excluding hydrogens is 136 g/mol. The Morgan fingerprint density at radius 2 is 2.27 bits per heavy atom. The van der Waals surface area contributed by atoms with Crippen molar-refractivity contribution in [1.29, 1.82) is 0 Å². The van der Waals surface area contributed by atoms with Crippen molar-refractivity contribution in [2.75, 3.05) is 5.32 Å². The molecule has 2 heteroatoms. The third-order valence-electron chi connectivity index (χ3n) is 1.58. The molecule has 0 saturated heterocycles. The zero-order valence-corrected chi connectivity index (χ0v) is 5.99. The van der Waals surface area contributed by atoms with E-state index in [2.05, 4.69) is 10.3 Å². The van der Waals surface area contributed by atoms with Gasteiger partial charge in [-0.05, 0) is 12.1 Å². The molecule has 2 rings (SSSR count). The predicted octanol–water partition coefficient (Wildman–Crippen LogP) is 2.03. The van der Waals surface area contributed by atoms with Gasteiger partial charge < -0.3 is 5.32 Å². The van der Waals surface area contributed by atoms with E-state index in [-0.39, 0.29) is 0 Å². The van der Waals surface area contributed by atoms with Gasteiger partial charge in [0.2, 0.25) is 0 Å². The van der Waals surface area contributed by atoms with Gasteiger partial charge in [-0.25, -0.2) is 0 Å². The van der Waals surface area contributed by atoms with Crippen molar-refractivity contribution in [1.82, 2.24) is 4.98 Å². The summed E-state index contributed by atoms with van der Waals surface area (Å²) < 4.78 is 0. The molecule has 0 amide bonds. The van der Waals surface area contributed by atoms with Crippen LogP contribution in [0.2, 0.25) is 0 Å². The summed E-state index contributed by atoms with van der Waals surface area (Å²) in [5.41, 5.74) is 2.22. The highest BCUT2D eigenvalue weighted by molar-refractivity contribution is 5.68. The van der Waals surface area contributed by atoms with Gasteiger partial charge in [0.1, 0.15) is 0 Å². The Morgan fingerprint density at radius 3 is 3.27 bits per heavy atom. The van der Waals surface area contributed by atoms with Crippen LogP contribution in [-0.4, -0.2) is 4.98 Å². The molecule has 0 radical (unpaired) electrons. The van der Waals surface area contributed by atoms with Gasteiger partial charge in [-0.2, -0.15) is 0 Å². The quantitative estimate of drug-likeness (QED) is 0.602. The molecule has 1 N–H and O–H groups in total. The molecule has 1 aliphatic heterocycles. The van der Waals surface area contributed by atoms with E-state index in [9.17, 15) is 0 Å². The lowest BCUT2D eigenvalue weighted by atomic mass is 10.2. The maximum absolute atomic E-state index is 4.01. The lowest BCUT2D eigenvalue weighted by Gasteiger charge is -2.01. The summed E-state index contributed by atoms with van der Waals surface area (Å²) in [4.78, 5) is 4.01. The molecule has 1 aliphatic rings. The van der Waals surface area contributed by atoms with Crippen molar-refractivity contribution in [2.24, 2.45) is 0 Å². The highest BCUT2D eigenvalue weighted by Crippen LogP contribution is 2.16. The Hall–Kier alpha value is -1.57. The number of allylic oxidation sites excluding steroid dienone is 2. The summed E-state index contributed by atoms with van der Waals surface area (Å²) in [7, 11) is 0. The average Bonchev–Trinajstić information content (AvgIpc) is 2.28. The highest BCUT2D eigenvalue weighted by Gasteiger charge is 1.96. The van der Waals surface area contributed by atoms with E-state index in [4.69, 9.17) is 0 Å². The number of rotatable bonds is 0. The van der Waals surface area contributed by atoms with Gasteiger partial charge in [0.05, 0.1) is 11.9 Å². The van der Waals surface area contributed by atoms with Crippen molar-refractivity contribution in [3.8, 4) is 0 Å². The minimum Gasteiger partial charge on any atom is -0.360 e. The molecule has 2 nitrogen and oxygen atoms in total. The third kappa shape index (κ3) is 1.15. The van der Waals surface area contributed by atoms with Gasteiger partial charge in [-0.15, -0.1) is 0 Å². The van der Waals surface area contributed by atoms with Crippen LogP contribution in [0, 0.1) is 0 Å². The monoisotopic (exact) mass is 144 g/mol. The van der Waals surface area contributed by atoms with Crippen molar-refractivity contribution in [3.05, 3.63) is 42.4 Å². The zero-order chi connectivity index (χ0) is 7.52. The molecular formula is C9H8N2. The van der Waals surface area contributed by atoms with Gasteiger partial charge in [0, 0.05) is 18.0 Å². The molecule has 0 atom stereocenters. The number of anilines is 1. The third-order valence-corrected chi connectivity index (χ3v) is 1.58. The maximum Gasteiger partial charge on any atom is 0.0639 e. The van der Waals surface area contributed by atoms with Crippen molar-refractivity contribution in [3.63, 3.8) is 0 Å². The number of aromatic nitrogens is 1. The molecule has 1 aromatic heterocycles. The number of fused-ring (bicyclic) bond motifs is 1. The standard InChI is InChI=1S/C9H8N2/c1-2-5-11-9-7-10-6-4-8(9)3-1/h1-7,11H. The SMILES string of the molecule is C1=CNc2cnccc2C=C1. The summed E-state index contributed by atoms with van der Waals surface area (Å²) in [6.07, 6.45) is 11.5. The van der Waals surface area contributed by atoms with Gasteiger partial charge >= 0.3 is 0 Å². The summed E-state index contributed by atoms with van der Waals surface area (Å²) >= 11 is 0. The van der Waals surface area contributed by atoms with Gasteiger partial charge in [-0.3, -0.25) is 4.98 Å². The van der Waals surface area contributed by atoms with E-state index in [0.717, 1.165) is 5.69 Å². The molecule has 0 aromatic carbocycles. The van der Waals surface area contributed by atoms with Crippen LogP contribution in [-0.2, 0) is 0 Å². The molecule has 1 aromatic rings. The molecule has 0 unspecified atom stereocenters. The Morgan fingerprint density at radius 1 is 1.27 bits per heavy atom. The largest absolute Gasteiger partial charge is 0.360 e. The minimum atomic E-state index is 1.05. The topological polar surface area (TPSA) is 24.9 Å². The second kappa shape index (κ2) is 2.58. The lowest BCUT2D eigenvalue weighted by molar-refractivity contribution is 1.32. The van der Waals surface area contributed by atoms with Crippen LogP contribution >= 0.6 is 0 Å². The van der Waals surface area contributed by atoms with Crippen molar-refractivity contribution >= 4 is 11.8 Å². The van der Waals surface area contributed by atoms with E-state index < -0.39 is 0 Å². The zero-order valence-electron chi connectivity index (χ0n) is 5.99. The number of nitrogens with one attached hydrogen (secondary N) is 1. The van der Waals surface area contributed by atoms with Gasteiger partial charge in [-0.1, -0.05) is 12.2 Å². The fourth-order valence-electron chi connectivity index (χ4n) is 1.02. The second-order valence-electron chi connectivity index (χ2n) is 2.33. The molecule has 0 saturated carbocycles. The average molecular weight is 144 g/mol. The van der Waals surface area contributed by atoms with Crippen molar-refractivity contribution in [2.45, 2.75) is 0 Å². The van der Waals surface area contributed by atoms with Gasteiger partial charge in [0.15, 0.2) is 0 Å². The Labute approximate surface area is 65.3 Å². The van der Waals surface area contributed by atoms with E-state index in [0.29, 0.717) is 0 Å². The molecule has 54 valence electrons. The first-order valence-electron chi connectivity index (χ1n) is 3.50. The van der Waals surface area contributed by atoms with Gasteiger partial charge in [0.25, 0.3) is 0 Å². The number of nitrogens with zero attached hydrogens (tertiary/aromatic N) is 1. The lowest BCUT2D eigenvalue weighted by Crippen LogP contribution is -1.89. The second-order valence-corrected chi connectivity index (χ2v) is 2.33. The first-order valence-corrected chi connectivity index (χ1v) is 3.50. The summed E-state index contributed by atoms with van der Waals surface area (Å²) in [6.45, 7) is 0. The van der Waals surface area contributed by atoms with E-state index in [1.54, 1.807) is 6.20 Å². The van der Waals surface area contributed by atoms with Crippen LogP contribution < -0.4 is 5.32 Å². The van der Waals surface area contributed by atoms with Crippen LogP contribution in [0.4, 0.5) is 5.69 Å². The Balaban J connectivity index is 2.52. The first kappa shape index (κ1) is 6.16. The number of hydrogen-bond acceptors (Lipinski definition) is 2. The van der Waals surface area contributed by atoms with Crippen LogP contribution in [0.25, 0.3) is 6.08 Å². The fraction of sp³-hybridized carbons (Fsp3) is 0. The molecule has 0 bridgehead atoms. The van der Waals surface area contributed by atoms with Crippen LogP contribution in [0.1, 0.15) is 5.56 Å². The molecule has 0 aliphatic carbocycles. The van der Waals surface area contributed by atoms with Crippen molar-refractivity contribution < 1.29 is 0 Å². The van der Waals surface area contributed by atoms with E-state index in [1.165, 1.54) is 5.56 Å². The van der Waals surface area contributed by atoms with Crippen LogP contribution in [0.15, 0.2) is 36.8 Å². The molecule has 0 fully saturated rings. The molecule has 11 heavy (non-hydrogen) atoms. The fourth-order valence-corrected chi connectivity index (χ4v) is 1.02. The van der Waals surface area contributed by atoms with Crippen LogP contribution in [0.3, 0.4) is 0 Å². The van der Waals surface area contributed by atoms with Crippen LogP contribution in [0.5, 0.6) is 0 Å². The number of pyridine rings is 1. The summed E-state index contributed by atoms with van der Waals surface area (Å²) in [5.74, 6) is 0. The molecule has 2 heterocycles. The highest BCUT2D eigenvalue weighted by atomic mass is 14.9. The molecule has 0 spiro atoms. The Bertz CT molecular complexity index is 313. The number of hydrogen-bond donors (Lipinski definition) is 1.